The fraction of sp³-hybridized carbons (Fsp3) is 0.611. The number of nitrogens with one attached hydrogen (secondary N) is 2. The van der Waals surface area contributed by atoms with E-state index in [4.69, 9.17) is 4.74 Å². The molecule has 1 aliphatic rings. The molecule has 6 nitrogen and oxygen atoms in total. The van der Waals surface area contributed by atoms with E-state index in [1.165, 1.54) is 18.4 Å². The summed E-state index contributed by atoms with van der Waals surface area (Å²) in [4.78, 5) is 12.2. The van der Waals surface area contributed by atoms with E-state index in [1.54, 1.807) is 12.1 Å². The Hall–Kier alpha value is -1.31. The number of piperidine rings is 1. The van der Waals surface area contributed by atoms with Crippen molar-refractivity contribution >= 4 is 28.2 Å². The number of halogens is 1. The van der Waals surface area contributed by atoms with Gasteiger partial charge in [0.2, 0.25) is 5.91 Å². The number of hydrogen-bond acceptors (Lipinski definition) is 5. The Labute approximate surface area is 162 Å². The first-order valence-electron chi connectivity index (χ1n) is 8.80. The zero-order valence-corrected chi connectivity index (χ0v) is 17.0. The maximum absolute atomic E-state index is 12.0. The number of sulfone groups is 1. The molecule has 0 aliphatic carbocycles. The number of hydrogen-bond donors (Lipinski definition) is 2. The highest BCUT2D eigenvalue weighted by atomic mass is 35.5. The molecule has 0 bridgehead atoms. The molecule has 1 aromatic carbocycles. The molecule has 2 atom stereocenters. The Kier molecular flexibility index (Phi) is 9.39. The summed E-state index contributed by atoms with van der Waals surface area (Å²) in [5.41, 5.74) is 0. The number of benzene rings is 1. The standard InChI is InChI=1S/C18H28N2O4S.ClH/c1-14-13-15(10-11-19-14)20-18(21)5-3-4-12-24-16-6-8-17(9-7-16)25(2,22)23;/h6-9,14-15,19H,3-5,10-13H2,1-2H3,(H,20,21);1H. The van der Waals surface area contributed by atoms with Crippen LogP contribution in [-0.4, -0.2) is 45.8 Å². The summed E-state index contributed by atoms with van der Waals surface area (Å²) in [7, 11) is -3.18. The smallest absolute Gasteiger partial charge is 0.220 e. The lowest BCUT2D eigenvalue weighted by molar-refractivity contribution is -0.122. The molecule has 1 fully saturated rings. The summed E-state index contributed by atoms with van der Waals surface area (Å²) in [6, 6.07) is 7.13. The molecule has 148 valence electrons. The molecular formula is C18H29ClN2O4S. The molecule has 26 heavy (non-hydrogen) atoms. The van der Waals surface area contributed by atoms with Crippen molar-refractivity contribution in [2.75, 3.05) is 19.4 Å². The first-order chi connectivity index (χ1) is 11.8. The molecule has 2 unspecified atom stereocenters. The van der Waals surface area contributed by atoms with Gasteiger partial charge >= 0.3 is 0 Å². The number of amides is 1. The second kappa shape index (κ2) is 10.7. The van der Waals surface area contributed by atoms with E-state index < -0.39 is 9.84 Å². The molecule has 1 aromatic rings. The van der Waals surface area contributed by atoms with Crippen LogP contribution >= 0.6 is 12.4 Å². The van der Waals surface area contributed by atoms with Crippen molar-refractivity contribution in [2.24, 2.45) is 0 Å². The lowest BCUT2D eigenvalue weighted by Crippen LogP contribution is -2.46. The highest BCUT2D eigenvalue weighted by molar-refractivity contribution is 7.90. The second-order valence-corrected chi connectivity index (χ2v) is 8.71. The van der Waals surface area contributed by atoms with Crippen molar-refractivity contribution in [3.63, 3.8) is 0 Å². The van der Waals surface area contributed by atoms with Crippen LogP contribution in [0.3, 0.4) is 0 Å². The highest BCUT2D eigenvalue weighted by Crippen LogP contribution is 2.16. The molecule has 2 N–H and O–H groups in total. The molecular weight excluding hydrogens is 376 g/mol. The molecule has 8 heteroatoms. The predicted octanol–water partition coefficient (Wildman–Crippen LogP) is 2.32. The maximum Gasteiger partial charge on any atom is 0.220 e. The summed E-state index contributed by atoms with van der Waals surface area (Å²) in [6.07, 6.45) is 5.21. The van der Waals surface area contributed by atoms with Gasteiger partial charge in [-0.05, 0) is 63.4 Å². The van der Waals surface area contributed by atoms with Gasteiger partial charge in [-0.2, -0.15) is 0 Å². The number of carbonyl (C=O) groups excluding carboxylic acids is 1. The Morgan fingerprint density at radius 2 is 1.96 bits per heavy atom. The first kappa shape index (κ1) is 22.7. The van der Waals surface area contributed by atoms with E-state index in [2.05, 4.69) is 17.6 Å². The molecule has 0 radical (unpaired) electrons. The summed E-state index contributed by atoms with van der Waals surface area (Å²) in [6.45, 7) is 3.60. The Balaban J connectivity index is 0.00000338. The zero-order valence-electron chi connectivity index (χ0n) is 15.4. The summed E-state index contributed by atoms with van der Waals surface area (Å²) < 4.78 is 28.4. The van der Waals surface area contributed by atoms with Gasteiger partial charge in [0.25, 0.3) is 0 Å². The average Bonchev–Trinajstić information content (AvgIpc) is 2.54. The molecule has 0 aromatic heterocycles. The number of rotatable bonds is 8. The van der Waals surface area contributed by atoms with Crippen LogP contribution in [0, 0.1) is 0 Å². The van der Waals surface area contributed by atoms with Crippen LogP contribution in [0.4, 0.5) is 0 Å². The summed E-state index contributed by atoms with van der Waals surface area (Å²) in [5, 5.41) is 6.47. The highest BCUT2D eigenvalue weighted by Gasteiger charge is 2.19. The molecule has 2 rings (SSSR count). The average molecular weight is 405 g/mol. The van der Waals surface area contributed by atoms with Crippen LogP contribution in [0.5, 0.6) is 5.75 Å². The van der Waals surface area contributed by atoms with Gasteiger partial charge in [-0.15, -0.1) is 12.4 Å². The van der Waals surface area contributed by atoms with Gasteiger partial charge in [-0.1, -0.05) is 0 Å². The Bertz CT molecular complexity index is 664. The van der Waals surface area contributed by atoms with Gasteiger partial charge in [0, 0.05) is 24.8 Å². The fourth-order valence-corrected chi connectivity index (χ4v) is 3.55. The van der Waals surface area contributed by atoms with Gasteiger partial charge in [-0.3, -0.25) is 4.79 Å². The van der Waals surface area contributed by atoms with E-state index in [0.717, 1.165) is 32.2 Å². The Morgan fingerprint density at radius 3 is 2.58 bits per heavy atom. The van der Waals surface area contributed by atoms with E-state index in [-0.39, 0.29) is 29.3 Å². The molecule has 1 heterocycles. The normalized spacial score (nSPS) is 20.1. The van der Waals surface area contributed by atoms with E-state index >= 15 is 0 Å². The zero-order chi connectivity index (χ0) is 18.3. The minimum Gasteiger partial charge on any atom is -0.494 e. The topological polar surface area (TPSA) is 84.5 Å². The summed E-state index contributed by atoms with van der Waals surface area (Å²) >= 11 is 0. The largest absolute Gasteiger partial charge is 0.494 e. The van der Waals surface area contributed by atoms with Crippen LogP contribution in [0.1, 0.15) is 39.0 Å². The molecule has 0 saturated carbocycles. The van der Waals surface area contributed by atoms with Crippen LogP contribution in [0.2, 0.25) is 0 Å². The molecule has 1 saturated heterocycles. The lowest BCUT2D eigenvalue weighted by Gasteiger charge is -2.28. The minimum absolute atomic E-state index is 0. The fourth-order valence-electron chi connectivity index (χ4n) is 2.92. The number of unbranched alkanes of at least 4 members (excludes halogenated alkanes) is 1. The Morgan fingerprint density at radius 1 is 1.27 bits per heavy atom. The van der Waals surface area contributed by atoms with Gasteiger partial charge in [0.15, 0.2) is 9.84 Å². The minimum atomic E-state index is -3.18. The third-order valence-electron chi connectivity index (χ3n) is 4.31. The summed E-state index contributed by atoms with van der Waals surface area (Å²) in [5.74, 6) is 0.747. The van der Waals surface area contributed by atoms with Crippen molar-refractivity contribution in [1.29, 1.82) is 0 Å². The van der Waals surface area contributed by atoms with Crippen molar-refractivity contribution in [1.82, 2.24) is 10.6 Å². The van der Waals surface area contributed by atoms with E-state index in [9.17, 15) is 13.2 Å². The van der Waals surface area contributed by atoms with Crippen molar-refractivity contribution in [3.8, 4) is 5.75 Å². The van der Waals surface area contributed by atoms with E-state index in [0.29, 0.717) is 24.8 Å². The molecule has 1 amide bonds. The van der Waals surface area contributed by atoms with Gasteiger partial charge in [0.05, 0.1) is 11.5 Å². The van der Waals surface area contributed by atoms with Gasteiger partial charge < -0.3 is 15.4 Å². The van der Waals surface area contributed by atoms with Crippen molar-refractivity contribution < 1.29 is 17.9 Å². The SMILES string of the molecule is CC1CC(NC(=O)CCCCOc2ccc(S(C)(=O)=O)cc2)CCN1.Cl. The van der Waals surface area contributed by atoms with Gasteiger partial charge in [-0.25, -0.2) is 8.42 Å². The predicted molar refractivity (Wildman–Crippen MR) is 105 cm³/mol. The third-order valence-corrected chi connectivity index (χ3v) is 5.44. The lowest BCUT2D eigenvalue weighted by atomic mass is 10.0. The van der Waals surface area contributed by atoms with Crippen molar-refractivity contribution in [3.05, 3.63) is 24.3 Å². The van der Waals surface area contributed by atoms with Crippen LogP contribution in [-0.2, 0) is 14.6 Å². The van der Waals surface area contributed by atoms with Crippen LogP contribution in [0.25, 0.3) is 0 Å². The van der Waals surface area contributed by atoms with Crippen molar-refractivity contribution in [2.45, 2.75) is 56.0 Å². The second-order valence-electron chi connectivity index (χ2n) is 6.69. The molecule has 1 aliphatic heterocycles. The maximum atomic E-state index is 12.0. The quantitative estimate of drug-likeness (QED) is 0.649. The van der Waals surface area contributed by atoms with Crippen LogP contribution in [0.15, 0.2) is 29.2 Å². The molecule has 0 spiro atoms. The number of carbonyl (C=O) groups is 1. The first-order valence-corrected chi connectivity index (χ1v) is 10.7. The monoisotopic (exact) mass is 404 g/mol. The van der Waals surface area contributed by atoms with E-state index in [1.807, 2.05) is 0 Å². The van der Waals surface area contributed by atoms with Crippen LogP contribution < -0.4 is 15.4 Å². The van der Waals surface area contributed by atoms with Gasteiger partial charge in [0.1, 0.15) is 5.75 Å². The third kappa shape index (κ3) is 7.93. The number of ether oxygens (including phenoxy) is 1.